The third-order valence-electron chi connectivity index (χ3n) is 6.07. The maximum absolute atomic E-state index is 4.52. The summed E-state index contributed by atoms with van der Waals surface area (Å²) >= 11 is 0. The molecule has 150 valence electrons. The summed E-state index contributed by atoms with van der Waals surface area (Å²) in [5.74, 6) is 0.950. The summed E-state index contributed by atoms with van der Waals surface area (Å²) in [4.78, 5) is 1.50. The quantitative estimate of drug-likeness (QED) is 0.545. The van der Waals surface area contributed by atoms with Crippen LogP contribution in [0, 0.1) is 0 Å². The molecule has 0 saturated heterocycles. The van der Waals surface area contributed by atoms with E-state index in [1.54, 1.807) is 0 Å². The summed E-state index contributed by atoms with van der Waals surface area (Å²) in [5.41, 5.74) is 5.47. The molecule has 4 aromatic rings. The van der Waals surface area contributed by atoms with Crippen molar-refractivity contribution in [3.63, 3.8) is 0 Å². The number of benzene rings is 3. The molecule has 5 heteroatoms. The van der Waals surface area contributed by atoms with Crippen LogP contribution in [0.3, 0.4) is 0 Å². The van der Waals surface area contributed by atoms with Gasteiger partial charge in [0.2, 0.25) is 5.82 Å². The standard InChI is InChI=1S/C25H25N5/c1-3-9-20(10-4-1)15-18-30-25(26-27-28-30)24(22-12-5-2-6-13-22)29-17-16-21-11-7-8-14-23(21)19-29/h1-14,24H,15-19H2/p+1/t24-/m1/s1. The van der Waals surface area contributed by atoms with E-state index in [0.29, 0.717) is 0 Å². The van der Waals surface area contributed by atoms with Gasteiger partial charge in [0.1, 0.15) is 6.54 Å². The third kappa shape index (κ3) is 3.89. The van der Waals surface area contributed by atoms with Gasteiger partial charge in [0.25, 0.3) is 0 Å². The number of rotatable bonds is 6. The lowest BCUT2D eigenvalue weighted by Crippen LogP contribution is -3.12. The van der Waals surface area contributed by atoms with E-state index in [9.17, 15) is 0 Å². The minimum absolute atomic E-state index is 0.116. The predicted octanol–water partition coefficient (Wildman–Crippen LogP) is 2.65. The molecule has 3 aromatic carbocycles. The molecule has 0 amide bonds. The highest BCUT2D eigenvalue weighted by Crippen LogP contribution is 2.20. The Morgan fingerprint density at radius 1 is 0.833 bits per heavy atom. The lowest BCUT2D eigenvalue weighted by molar-refractivity contribution is -0.941. The van der Waals surface area contributed by atoms with Crippen molar-refractivity contribution in [3.8, 4) is 0 Å². The fourth-order valence-electron chi connectivity index (χ4n) is 4.52. The molecular formula is C25H26N5+. The number of fused-ring (bicyclic) bond motifs is 1. The molecular weight excluding hydrogens is 370 g/mol. The highest BCUT2D eigenvalue weighted by Gasteiger charge is 2.33. The van der Waals surface area contributed by atoms with Crippen LogP contribution in [-0.4, -0.2) is 26.8 Å². The molecule has 1 unspecified atom stereocenters. The van der Waals surface area contributed by atoms with Crippen LogP contribution in [0.1, 0.15) is 34.1 Å². The maximum Gasteiger partial charge on any atom is 0.214 e. The second-order valence-electron chi connectivity index (χ2n) is 7.94. The van der Waals surface area contributed by atoms with Gasteiger partial charge in [-0.2, -0.15) is 0 Å². The van der Waals surface area contributed by atoms with E-state index < -0.39 is 0 Å². The van der Waals surface area contributed by atoms with E-state index >= 15 is 0 Å². The van der Waals surface area contributed by atoms with Gasteiger partial charge in [-0.1, -0.05) is 84.9 Å². The normalized spacial score (nSPS) is 16.7. The summed E-state index contributed by atoms with van der Waals surface area (Å²) in [7, 11) is 0. The van der Waals surface area contributed by atoms with Gasteiger partial charge in [0, 0.05) is 24.1 Å². The number of aromatic nitrogens is 4. The highest BCUT2D eigenvalue weighted by atomic mass is 15.5. The fourth-order valence-corrected chi connectivity index (χ4v) is 4.52. The lowest BCUT2D eigenvalue weighted by atomic mass is 9.96. The van der Waals surface area contributed by atoms with Crippen molar-refractivity contribution in [1.82, 2.24) is 20.2 Å². The zero-order chi connectivity index (χ0) is 20.2. The first-order valence-corrected chi connectivity index (χ1v) is 10.6. The van der Waals surface area contributed by atoms with E-state index in [2.05, 4.69) is 100 Å². The highest BCUT2D eigenvalue weighted by molar-refractivity contribution is 5.28. The summed E-state index contributed by atoms with van der Waals surface area (Å²) in [5, 5.41) is 12.9. The molecule has 1 N–H and O–H groups in total. The van der Waals surface area contributed by atoms with E-state index in [-0.39, 0.29) is 6.04 Å². The second-order valence-corrected chi connectivity index (χ2v) is 7.94. The fraction of sp³-hybridized carbons (Fsp3) is 0.240. The minimum Gasteiger partial charge on any atom is -0.318 e. The number of aryl methyl sites for hydroxylation is 2. The van der Waals surface area contributed by atoms with Crippen LogP contribution in [0.5, 0.6) is 0 Å². The molecule has 2 atom stereocenters. The number of quaternary nitrogens is 1. The molecule has 0 fully saturated rings. The van der Waals surface area contributed by atoms with Gasteiger partial charge < -0.3 is 4.90 Å². The van der Waals surface area contributed by atoms with Crippen molar-refractivity contribution in [2.75, 3.05) is 6.54 Å². The molecule has 2 heterocycles. The van der Waals surface area contributed by atoms with Crippen LogP contribution in [0.4, 0.5) is 0 Å². The Labute approximate surface area is 177 Å². The number of hydrogen-bond donors (Lipinski definition) is 1. The molecule has 5 nitrogen and oxygen atoms in total. The minimum atomic E-state index is 0.116. The van der Waals surface area contributed by atoms with E-state index in [1.807, 2.05) is 4.68 Å². The second kappa shape index (κ2) is 8.59. The largest absolute Gasteiger partial charge is 0.318 e. The molecule has 30 heavy (non-hydrogen) atoms. The monoisotopic (exact) mass is 396 g/mol. The van der Waals surface area contributed by atoms with Crippen molar-refractivity contribution < 1.29 is 4.90 Å². The Morgan fingerprint density at radius 3 is 2.33 bits per heavy atom. The van der Waals surface area contributed by atoms with Gasteiger partial charge in [0.05, 0.1) is 6.54 Å². The predicted molar refractivity (Wildman–Crippen MR) is 116 cm³/mol. The Morgan fingerprint density at radius 2 is 1.53 bits per heavy atom. The Balaban J connectivity index is 1.46. The van der Waals surface area contributed by atoms with Crippen molar-refractivity contribution in [1.29, 1.82) is 0 Å². The van der Waals surface area contributed by atoms with Crippen LogP contribution in [-0.2, 0) is 25.9 Å². The van der Waals surface area contributed by atoms with Crippen LogP contribution < -0.4 is 4.90 Å². The molecule has 0 saturated carbocycles. The van der Waals surface area contributed by atoms with Crippen LogP contribution in [0.2, 0.25) is 0 Å². The first-order valence-electron chi connectivity index (χ1n) is 10.6. The van der Waals surface area contributed by atoms with Crippen molar-refractivity contribution in [3.05, 3.63) is 113 Å². The molecule has 0 bridgehead atoms. The molecule has 5 rings (SSSR count). The molecule has 0 aliphatic carbocycles. The van der Waals surface area contributed by atoms with Crippen molar-refractivity contribution >= 4 is 0 Å². The molecule has 1 aromatic heterocycles. The van der Waals surface area contributed by atoms with Gasteiger partial charge in [-0.25, -0.2) is 4.68 Å². The first kappa shape index (κ1) is 18.7. The third-order valence-corrected chi connectivity index (χ3v) is 6.07. The van der Waals surface area contributed by atoms with Crippen LogP contribution >= 0.6 is 0 Å². The smallest absolute Gasteiger partial charge is 0.214 e. The van der Waals surface area contributed by atoms with Gasteiger partial charge in [0.15, 0.2) is 6.04 Å². The Kier molecular flexibility index (Phi) is 5.36. The summed E-state index contributed by atoms with van der Waals surface area (Å²) in [6.45, 7) is 2.84. The van der Waals surface area contributed by atoms with E-state index in [0.717, 1.165) is 38.3 Å². The molecule has 1 aliphatic rings. The molecule has 0 spiro atoms. The van der Waals surface area contributed by atoms with Gasteiger partial charge >= 0.3 is 0 Å². The first-order chi connectivity index (χ1) is 14.9. The average Bonchev–Trinajstić information content (AvgIpc) is 3.27. The van der Waals surface area contributed by atoms with Crippen LogP contribution in [0.15, 0.2) is 84.9 Å². The van der Waals surface area contributed by atoms with Gasteiger partial charge in [-0.05, 0) is 28.0 Å². The summed E-state index contributed by atoms with van der Waals surface area (Å²) in [6, 6.07) is 30.1. The topological polar surface area (TPSA) is 48.0 Å². The number of nitrogens with zero attached hydrogens (tertiary/aromatic N) is 4. The maximum atomic E-state index is 4.52. The van der Waals surface area contributed by atoms with Gasteiger partial charge in [-0.15, -0.1) is 5.10 Å². The zero-order valence-corrected chi connectivity index (χ0v) is 17.0. The van der Waals surface area contributed by atoms with E-state index in [4.69, 9.17) is 0 Å². The molecule has 1 aliphatic heterocycles. The lowest BCUT2D eigenvalue weighted by Gasteiger charge is -2.32. The summed E-state index contributed by atoms with van der Waals surface area (Å²) in [6.07, 6.45) is 2.00. The van der Waals surface area contributed by atoms with E-state index in [1.165, 1.54) is 27.2 Å². The van der Waals surface area contributed by atoms with Gasteiger partial charge in [-0.3, -0.25) is 0 Å². The number of tetrazole rings is 1. The molecule has 0 radical (unpaired) electrons. The number of nitrogens with one attached hydrogen (secondary N) is 1. The zero-order valence-electron chi connectivity index (χ0n) is 17.0. The Bertz CT molecular complexity index is 1090. The van der Waals surface area contributed by atoms with Crippen LogP contribution in [0.25, 0.3) is 0 Å². The average molecular weight is 397 g/mol. The van der Waals surface area contributed by atoms with Crippen molar-refractivity contribution in [2.45, 2.75) is 32.0 Å². The number of hydrogen-bond acceptors (Lipinski definition) is 3. The Hall–Kier alpha value is -3.31. The summed E-state index contributed by atoms with van der Waals surface area (Å²) < 4.78 is 2.00. The SMILES string of the molecule is c1ccc(CCn2nnnc2[C@@H](c2ccccc2)[NH+]2CCc3ccccc3C2)cc1. The van der Waals surface area contributed by atoms with Crippen molar-refractivity contribution in [2.24, 2.45) is 0 Å².